The largest absolute Gasteiger partial charge is 0.487 e. The first kappa shape index (κ1) is 21.2. The zero-order valence-corrected chi connectivity index (χ0v) is 17.9. The predicted octanol–water partition coefficient (Wildman–Crippen LogP) is 5.21. The Morgan fingerprint density at radius 1 is 1.14 bits per heavy atom. The van der Waals surface area contributed by atoms with Crippen LogP contribution in [0.3, 0.4) is 0 Å². The summed E-state index contributed by atoms with van der Waals surface area (Å²) in [6.07, 6.45) is 0.811. The number of amides is 1. The molecule has 0 saturated carbocycles. The van der Waals surface area contributed by atoms with Gasteiger partial charge in [0, 0.05) is 29.4 Å². The van der Waals surface area contributed by atoms with Crippen LogP contribution >= 0.6 is 23.2 Å². The molecule has 3 aromatic rings. The van der Waals surface area contributed by atoms with Crippen molar-refractivity contribution in [3.05, 3.63) is 81.1 Å². The molecule has 1 heterocycles. The van der Waals surface area contributed by atoms with E-state index in [-0.39, 0.29) is 5.91 Å². The maximum Gasteiger partial charge on any atom is 0.251 e. The van der Waals surface area contributed by atoms with Gasteiger partial charge < -0.3 is 10.1 Å². The van der Waals surface area contributed by atoms with Crippen molar-refractivity contribution < 1.29 is 9.53 Å². The Bertz CT molecular complexity index is 1000. The summed E-state index contributed by atoms with van der Waals surface area (Å²) in [7, 11) is 0. The van der Waals surface area contributed by atoms with Crippen molar-refractivity contribution in [2.24, 2.45) is 0 Å². The van der Waals surface area contributed by atoms with E-state index in [9.17, 15) is 4.79 Å². The highest BCUT2D eigenvalue weighted by Crippen LogP contribution is 2.28. The van der Waals surface area contributed by atoms with Gasteiger partial charge in [-0.3, -0.25) is 9.48 Å². The highest BCUT2D eigenvalue weighted by Gasteiger charge is 2.08. The van der Waals surface area contributed by atoms with Crippen molar-refractivity contribution in [1.29, 1.82) is 0 Å². The molecule has 3 rings (SSSR count). The fraction of sp³-hybridized carbons (Fsp3) is 0.273. The summed E-state index contributed by atoms with van der Waals surface area (Å²) in [6, 6.07) is 14.5. The minimum absolute atomic E-state index is 0.107. The summed E-state index contributed by atoms with van der Waals surface area (Å²) >= 11 is 12.0. The number of ether oxygens (including phenoxy) is 1. The number of rotatable bonds is 8. The van der Waals surface area contributed by atoms with Crippen molar-refractivity contribution >= 4 is 29.1 Å². The van der Waals surface area contributed by atoms with Crippen LogP contribution in [0.15, 0.2) is 48.5 Å². The van der Waals surface area contributed by atoms with Gasteiger partial charge in [-0.05, 0) is 62.2 Å². The van der Waals surface area contributed by atoms with Gasteiger partial charge in [-0.15, -0.1) is 0 Å². The number of carbonyl (C=O) groups excluding carboxylic acids is 1. The van der Waals surface area contributed by atoms with Gasteiger partial charge in [0.15, 0.2) is 0 Å². The Labute approximate surface area is 180 Å². The van der Waals surface area contributed by atoms with Gasteiger partial charge >= 0.3 is 0 Å². The van der Waals surface area contributed by atoms with Crippen LogP contribution in [0, 0.1) is 13.8 Å². The normalized spacial score (nSPS) is 10.8. The summed E-state index contributed by atoms with van der Waals surface area (Å²) in [5.74, 6) is 0.444. The molecule has 1 aromatic heterocycles. The van der Waals surface area contributed by atoms with Crippen LogP contribution in [0.2, 0.25) is 10.0 Å². The van der Waals surface area contributed by atoms with Crippen LogP contribution in [0.1, 0.15) is 33.7 Å². The van der Waals surface area contributed by atoms with E-state index in [1.54, 1.807) is 24.3 Å². The zero-order chi connectivity index (χ0) is 20.8. The summed E-state index contributed by atoms with van der Waals surface area (Å²) in [6.45, 7) is 5.67. The van der Waals surface area contributed by atoms with E-state index >= 15 is 0 Å². The molecule has 0 unspecified atom stereocenters. The molecule has 0 saturated heterocycles. The average Bonchev–Trinajstić information content (AvgIpc) is 3.01. The molecule has 0 aliphatic rings. The van der Waals surface area contributed by atoms with E-state index in [1.807, 2.05) is 42.8 Å². The van der Waals surface area contributed by atoms with Crippen molar-refractivity contribution in [2.45, 2.75) is 33.4 Å². The quantitative estimate of drug-likeness (QED) is 0.498. The maximum atomic E-state index is 12.4. The number of hydrogen-bond donors (Lipinski definition) is 1. The highest BCUT2D eigenvalue weighted by atomic mass is 35.5. The first-order chi connectivity index (χ1) is 13.9. The number of carbonyl (C=O) groups is 1. The maximum absolute atomic E-state index is 12.4. The molecule has 0 spiro atoms. The molecule has 29 heavy (non-hydrogen) atoms. The van der Waals surface area contributed by atoms with Gasteiger partial charge in [0.1, 0.15) is 12.4 Å². The Balaban J connectivity index is 1.50. The van der Waals surface area contributed by atoms with E-state index in [0.717, 1.165) is 29.9 Å². The van der Waals surface area contributed by atoms with Crippen LogP contribution in [0.4, 0.5) is 0 Å². The summed E-state index contributed by atoms with van der Waals surface area (Å²) in [4.78, 5) is 12.4. The molecular weight excluding hydrogens is 409 g/mol. The molecule has 7 heteroatoms. The average molecular weight is 432 g/mol. The minimum atomic E-state index is -0.107. The molecule has 1 N–H and O–H groups in total. The van der Waals surface area contributed by atoms with Crippen molar-refractivity contribution in [3.8, 4) is 5.75 Å². The second-order valence-corrected chi connectivity index (χ2v) is 7.67. The molecule has 2 aromatic carbocycles. The van der Waals surface area contributed by atoms with E-state index in [0.29, 0.717) is 34.5 Å². The van der Waals surface area contributed by atoms with Gasteiger partial charge in [-0.2, -0.15) is 5.10 Å². The minimum Gasteiger partial charge on any atom is -0.487 e. The molecule has 0 bridgehead atoms. The number of benzene rings is 2. The molecule has 0 aliphatic heterocycles. The van der Waals surface area contributed by atoms with E-state index in [1.165, 1.54) is 0 Å². The van der Waals surface area contributed by atoms with Crippen LogP contribution in [-0.2, 0) is 13.2 Å². The SMILES string of the molecule is Cc1cc(C)n(CCCNC(=O)c2cccc(COc3ccc(Cl)cc3Cl)c2)n1. The Kier molecular flexibility index (Phi) is 7.18. The molecule has 1 amide bonds. The topological polar surface area (TPSA) is 56.2 Å². The smallest absolute Gasteiger partial charge is 0.251 e. The predicted molar refractivity (Wildman–Crippen MR) is 116 cm³/mol. The van der Waals surface area contributed by atoms with Gasteiger partial charge in [0.05, 0.1) is 10.7 Å². The zero-order valence-electron chi connectivity index (χ0n) is 16.4. The molecule has 0 fully saturated rings. The lowest BCUT2D eigenvalue weighted by Crippen LogP contribution is -2.25. The van der Waals surface area contributed by atoms with Gasteiger partial charge in [-0.25, -0.2) is 0 Å². The number of halogens is 2. The van der Waals surface area contributed by atoms with Crippen LogP contribution < -0.4 is 10.1 Å². The summed E-state index contributed by atoms with van der Waals surface area (Å²) < 4.78 is 7.70. The first-order valence-electron chi connectivity index (χ1n) is 9.38. The monoisotopic (exact) mass is 431 g/mol. The number of nitrogens with one attached hydrogen (secondary N) is 1. The lowest BCUT2D eigenvalue weighted by atomic mass is 10.1. The number of hydrogen-bond acceptors (Lipinski definition) is 3. The third kappa shape index (κ3) is 5.99. The molecule has 0 aliphatic carbocycles. The number of nitrogens with zero attached hydrogens (tertiary/aromatic N) is 2. The molecule has 0 atom stereocenters. The van der Waals surface area contributed by atoms with Crippen molar-refractivity contribution in [3.63, 3.8) is 0 Å². The lowest BCUT2D eigenvalue weighted by molar-refractivity contribution is 0.0952. The van der Waals surface area contributed by atoms with E-state index in [4.69, 9.17) is 27.9 Å². The van der Waals surface area contributed by atoms with Gasteiger partial charge in [0.2, 0.25) is 0 Å². The second-order valence-electron chi connectivity index (χ2n) is 6.82. The van der Waals surface area contributed by atoms with E-state index in [2.05, 4.69) is 10.4 Å². The standard InChI is InChI=1S/C22H23Cl2N3O2/c1-15-11-16(2)27(26-15)10-4-9-25-22(28)18-6-3-5-17(12-18)14-29-21-8-7-19(23)13-20(21)24/h3,5-8,11-13H,4,9-10,14H2,1-2H3,(H,25,28). The molecule has 0 radical (unpaired) electrons. The van der Waals surface area contributed by atoms with Gasteiger partial charge in [-0.1, -0.05) is 35.3 Å². The van der Waals surface area contributed by atoms with Crippen LogP contribution in [0.5, 0.6) is 5.75 Å². The van der Waals surface area contributed by atoms with Crippen LogP contribution in [0.25, 0.3) is 0 Å². The Morgan fingerprint density at radius 3 is 2.69 bits per heavy atom. The first-order valence-corrected chi connectivity index (χ1v) is 10.1. The van der Waals surface area contributed by atoms with Crippen LogP contribution in [-0.4, -0.2) is 22.2 Å². The Hall–Kier alpha value is -2.50. The fourth-order valence-corrected chi connectivity index (χ4v) is 3.45. The number of aryl methyl sites for hydroxylation is 3. The molecule has 152 valence electrons. The summed E-state index contributed by atoms with van der Waals surface area (Å²) in [5.41, 5.74) is 3.61. The third-order valence-corrected chi connectivity index (χ3v) is 4.94. The fourth-order valence-electron chi connectivity index (χ4n) is 2.99. The second kappa shape index (κ2) is 9.81. The number of aromatic nitrogens is 2. The molecule has 5 nitrogen and oxygen atoms in total. The third-order valence-electron chi connectivity index (χ3n) is 4.41. The summed E-state index contributed by atoms with van der Waals surface area (Å²) in [5, 5.41) is 8.39. The van der Waals surface area contributed by atoms with E-state index < -0.39 is 0 Å². The lowest BCUT2D eigenvalue weighted by Gasteiger charge is -2.10. The molecular formula is C22H23Cl2N3O2. The van der Waals surface area contributed by atoms with Crippen molar-refractivity contribution in [1.82, 2.24) is 15.1 Å². The highest BCUT2D eigenvalue weighted by molar-refractivity contribution is 6.35. The van der Waals surface area contributed by atoms with Gasteiger partial charge in [0.25, 0.3) is 5.91 Å². The van der Waals surface area contributed by atoms with Crippen molar-refractivity contribution in [2.75, 3.05) is 6.54 Å². The Morgan fingerprint density at radius 2 is 1.97 bits per heavy atom.